The molecule has 4 heteroatoms. The van der Waals surface area contributed by atoms with Gasteiger partial charge in [0, 0.05) is 21.7 Å². The summed E-state index contributed by atoms with van der Waals surface area (Å²) >= 11 is 12.2. The summed E-state index contributed by atoms with van der Waals surface area (Å²) in [5, 5.41) is 4.71. The predicted octanol–water partition coefficient (Wildman–Crippen LogP) is 5.01. The molecule has 1 unspecified atom stereocenters. The van der Waals surface area contributed by atoms with E-state index in [9.17, 15) is 0 Å². The number of hydrogen-bond donors (Lipinski definition) is 1. The van der Waals surface area contributed by atoms with Crippen LogP contribution in [0.1, 0.15) is 34.3 Å². The SMILES string of the molecule is CNC(Cc1ccc(Cl)cc1Cl)c1c(C)oc(C)c1C. The number of halogens is 2. The molecule has 0 saturated carbocycles. The van der Waals surface area contributed by atoms with E-state index < -0.39 is 0 Å². The number of nitrogens with one attached hydrogen (secondary N) is 1. The van der Waals surface area contributed by atoms with Crippen LogP contribution in [0.2, 0.25) is 10.0 Å². The fourth-order valence-electron chi connectivity index (χ4n) is 2.58. The van der Waals surface area contributed by atoms with Gasteiger partial charge in [0.15, 0.2) is 0 Å². The molecule has 20 heavy (non-hydrogen) atoms. The monoisotopic (exact) mass is 311 g/mol. The highest BCUT2D eigenvalue weighted by molar-refractivity contribution is 6.35. The highest BCUT2D eigenvalue weighted by Gasteiger charge is 2.21. The van der Waals surface area contributed by atoms with Crippen molar-refractivity contribution in [3.05, 3.63) is 56.5 Å². The first kappa shape index (κ1) is 15.4. The number of rotatable bonds is 4. The summed E-state index contributed by atoms with van der Waals surface area (Å²) in [6.45, 7) is 6.09. The zero-order chi connectivity index (χ0) is 14.9. The van der Waals surface area contributed by atoms with Crippen molar-refractivity contribution in [1.82, 2.24) is 5.32 Å². The van der Waals surface area contributed by atoms with Crippen molar-refractivity contribution in [2.24, 2.45) is 0 Å². The minimum Gasteiger partial charge on any atom is -0.466 e. The molecule has 2 nitrogen and oxygen atoms in total. The lowest BCUT2D eigenvalue weighted by atomic mass is 9.96. The number of benzene rings is 1. The quantitative estimate of drug-likeness (QED) is 0.858. The van der Waals surface area contributed by atoms with Crippen LogP contribution in [0.4, 0.5) is 0 Å². The van der Waals surface area contributed by atoms with Gasteiger partial charge in [0.1, 0.15) is 11.5 Å². The van der Waals surface area contributed by atoms with E-state index in [-0.39, 0.29) is 6.04 Å². The lowest BCUT2D eigenvalue weighted by molar-refractivity contribution is 0.489. The second-order valence-electron chi connectivity index (χ2n) is 5.03. The Morgan fingerprint density at radius 1 is 1.15 bits per heavy atom. The maximum absolute atomic E-state index is 6.27. The minimum atomic E-state index is 0.172. The summed E-state index contributed by atoms with van der Waals surface area (Å²) in [6, 6.07) is 5.81. The van der Waals surface area contributed by atoms with E-state index in [1.807, 2.05) is 33.0 Å². The molecule has 1 aromatic carbocycles. The van der Waals surface area contributed by atoms with Crippen LogP contribution in [0.25, 0.3) is 0 Å². The molecule has 108 valence electrons. The Morgan fingerprint density at radius 3 is 2.35 bits per heavy atom. The van der Waals surface area contributed by atoms with E-state index in [4.69, 9.17) is 27.6 Å². The van der Waals surface area contributed by atoms with E-state index in [1.165, 1.54) is 11.1 Å². The van der Waals surface area contributed by atoms with E-state index in [2.05, 4.69) is 12.2 Å². The maximum Gasteiger partial charge on any atom is 0.106 e. The number of furan rings is 1. The molecule has 0 amide bonds. The van der Waals surface area contributed by atoms with Gasteiger partial charge in [0.25, 0.3) is 0 Å². The lowest BCUT2D eigenvalue weighted by Gasteiger charge is -2.18. The first-order valence-corrected chi connectivity index (χ1v) is 7.37. The van der Waals surface area contributed by atoms with Gasteiger partial charge in [-0.25, -0.2) is 0 Å². The molecule has 0 radical (unpaired) electrons. The first-order chi connectivity index (χ1) is 9.43. The summed E-state index contributed by atoms with van der Waals surface area (Å²) < 4.78 is 5.72. The van der Waals surface area contributed by atoms with Crippen LogP contribution in [0.5, 0.6) is 0 Å². The molecule has 1 aromatic heterocycles. The molecule has 0 aliphatic carbocycles. The molecule has 0 spiro atoms. The number of likely N-dealkylation sites (N-methyl/N-ethyl adjacent to an activating group) is 1. The maximum atomic E-state index is 6.27. The second-order valence-corrected chi connectivity index (χ2v) is 5.88. The Balaban J connectivity index is 2.33. The Hall–Kier alpha value is -0.960. The van der Waals surface area contributed by atoms with Crippen molar-refractivity contribution in [1.29, 1.82) is 0 Å². The molecular weight excluding hydrogens is 293 g/mol. The summed E-state index contributed by atoms with van der Waals surface area (Å²) in [7, 11) is 1.95. The standard InChI is InChI=1S/C16H19Cl2NO/c1-9-10(2)20-11(3)16(9)15(19-4)7-12-5-6-13(17)8-14(12)18/h5-6,8,15,19H,7H2,1-4H3. The summed E-state index contributed by atoms with van der Waals surface area (Å²) in [6.07, 6.45) is 0.799. The third kappa shape index (κ3) is 3.03. The smallest absolute Gasteiger partial charge is 0.106 e. The Labute approximate surface area is 130 Å². The van der Waals surface area contributed by atoms with E-state index in [0.717, 1.165) is 23.5 Å². The molecule has 0 bridgehead atoms. The van der Waals surface area contributed by atoms with Gasteiger partial charge in [0.2, 0.25) is 0 Å². The fraction of sp³-hybridized carbons (Fsp3) is 0.375. The Morgan fingerprint density at radius 2 is 1.85 bits per heavy atom. The van der Waals surface area contributed by atoms with Gasteiger partial charge < -0.3 is 9.73 Å². The van der Waals surface area contributed by atoms with Crippen LogP contribution in [0.3, 0.4) is 0 Å². The number of hydrogen-bond acceptors (Lipinski definition) is 2. The van der Waals surface area contributed by atoms with Crippen molar-refractivity contribution in [3.8, 4) is 0 Å². The van der Waals surface area contributed by atoms with Gasteiger partial charge in [-0.3, -0.25) is 0 Å². The molecular formula is C16H19Cl2NO. The minimum absolute atomic E-state index is 0.172. The molecule has 2 aromatic rings. The van der Waals surface area contributed by atoms with Gasteiger partial charge in [0.05, 0.1) is 0 Å². The van der Waals surface area contributed by atoms with Gasteiger partial charge in [-0.1, -0.05) is 29.3 Å². The zero-order valence-electron chi connectivity index (χ0n) is 12.2. The van der Waals surface area contributed by atoms with Crippen molar-refractivity contribution in [2.45, 2.75) is 33.2 Å². The highest BCUT2D eigenvalue weighted by atomic mass is 35.5. The Kier molecular flexibility index (Phi) is 4.79. The van der Waals surface area contributed by atoms with Crippen LogP contribution in [0.15, 0.2) is 22.6 Å². The highest BCUT2D eigenvalue weighted by Crippen LogP contribution is 2.31. The van der Waals surface area contributed by atoms with Crippen molar-refractivity contribution in [3.63, 3.8) is 0 Å². The normalized spacial score (nSPS) is 12.7. The molecule has 1 atom stereocenters. The van der Waals surface area contributed by atoms with E-state index in [0.29, 0.717) is 10.0 Å². The van der Waals surface area contributed by atoms with Gasteiger partial charge in [-0.15, -0.1) is 0 Å². The molecule has 1 heterocycles. The van der Waals surface area contributed by atoms with Crippen molar-refractivity contribution >= 4 is 23.2 Å². The molecule has 0 aliphatic rings. The van der Waals surface area contributed by atoms with Crippen LogP contribution < -0.4 is 5.32 Å². The van der Waals surface area contributed by atoms with Crippen LogP contribution in [0, 0.1) is 20.8 Å². The average Bonchev–Trinajstić information content (AvgIpc) is 2.63. The summed E-state index contributed by atoms with van der Waals surface area (Å²) in [4.78, 5) is 0. The Bertz CT molecular complexity index is 619. The second kappa shape index (κ2) is 6.21. The zero-order valence-corrected chi connectivity index (χ0v) is 13.7. The third-order valence-corrected chi connectivity index (χ3v) is 4.34. The molecule has 0 aliphatic heterocycles. The molecule has 0 fully saturated rings. The first-order valence-electron chi connectivity index (χ1n) is 6.61. The molecule has 1 N–H and O–H groups in total. The summed E-state index contributed by atoms with van der Waals surface area (Å²) in [5.74, 6) is 1.93. The van der Waals surface area contributed by atoms with E-state index in [1.54, 1.807) is 6.07 Å². The van der Waals surface area contributed by atoms with Crippen molar-refractivity contribution in [2.75, 3.05) is 7.05 Å². The average molecular weight is 312 g/mol. The fourth-order valence-corrected chi connectivity index (χ4v) is 3.06. The third-order valence-electron chi connectivity index (χ3n) is 3.75. The van der Waals surface area contributed by atoms with Gasteiger partial charge >= 0.3 is 0 Å². The van der Waals surface area contributed by atoms with E-state index >= 15 is 0 Å². The van der Waals surface area contributed by atoms with Gasteiger partial charge in [-0.2, -0.15) is 0 Å². The lowest BCUT2D eigenvalue weighted by Crippen LogP contribution is -2.20. The largest absolute Gasteiger partial charge is 0.466 e. The van der Waals surface area contributed by atoms with Crippen LogP contribution in [-0.2, 0) is 6.42 Å². The van der Waals surface area contributed by atoms with Crippen LogP contribution in [-0.4, -0.2) is 7.05 Å². The summed E-state index contributed by atoms with van der Waals surface area (Å²) in [5.41, 5.74) is 3.50. The predicted molar refractivity (Wildman–Crippen MR) is 84.9 cm³/mol. The topological polar surface area (TPSA) is 25.2 Å². The van der Waals surface area contributed by atoms with Crippen molar-refractivity contribution < 1.29 is 4.42 Å². The van der Waals surface area contributed by atoms with Crippen LogP contribution >= 0.6 is 23.2 Å². The molecule has 0 saturated heterocycles. The number of aryl methyl sites for hydroxylation is 2. The molecule has 2 rings (SSSR count). The van der Waals surface area contributed by atoms with Gasteiger partial charge in [-0.05, 0) is 57.5 Å².